The Bertz CT molecular complexity index is 1140. The van der Waals surface area contributed by atoms with E-state index in [0.29, 0.717) is 43.7 Å². The lowest BCUT2D eigenvalue weighted by Crippen LogP contribution is -2.41. The topological polar surface area (TPSA) is 66.8 Å². The molecule has 0 unspecified atom stereocenters. The van der Waals surface area contributed by atoms with Gasteiger partial charge in [-0.1, -0.05) is 48.2 Å². The van der Waals surface area contributed by atoms with Crippen LogP contribution in [-0.4, -0.2) is 32.8 Å². The van der Waals surface area contributed by atoms with E-state index in [1.54, 1.807) is 23.7 Å². The quantitative estimate of drug-likeness (QED) is 0.632. The summed E-state index contributed by atoms with van der Waals surface area (Å²) >= 11 is 12.5. The molecule has 2 fully saturated rings. The molecule has 0 bridgehead atoms. The molecule has 1 aliphatic carbocycles. The third-order valence-corrected chi connectivity index (χ3v) is 7.58. The molecule has 1 aromatic carbocycles. The third kappa shape index (κ3) is 3.04. The van der Waals surface area contributed by atoms with E-state index in [4.69, 9.17) is 28.2 Å². The highest BCUT2D eigenvalue weighted by molar-refractivity contribution is 6.43. The third-order valence-electron chi connectivity index (χ3n) is 6.76. The Morgan fingerprint density at radius 2 is 1.83 bits per heavy atom. The Morgan fingerprint density at radius 3 is 2.55 bits per heavy atom. The second-order valence-corrected chi connectivity index (χ2v) is 9.15. The van der Waals surface area contributed by atoms with Gasteiger partial charge in [0.05, 0.1) is 15.7 Å². The van der Waals surface area contributed by atoms with E-state index in [1.807, 2.05) is 6.07 Å². The number of benzene rings is 1. The molecule has 2 aromatic heterocycles. The number of halogens is 2. The summed E-state index contributed by atoms with van der Waals surface area (Å²) in [5, 5.41) is 8.52. The largest absolute Gasteiger partial charge is 0.342 e. The molecule has 3 heterocycles. The molecule has 5 rings (SSSR count). The summed E-state index contributed by atoms with van der Waals surface area (Å²) in [5.41, 5.74) is 1.99. The molecule has 1 aliphatic heterocycles. The van der Waals surface area contributed by atoms with Crippen molar-refractivity contribution in [3.05, 3.63) is 38.6 Å². The van der Waals surface area contributed by atoms with Crippen LogP contribution in [0.15, 0.2) is 23.0 Å². The van der Waals surface area contributed by atoms with Crippen molar-refractivity contribution in [3.63, 3.8) is 0 Å². The number of H-pyrrole nitrogens is 1. The van der Waals surface area contributed by atoms with Crippen molar-refractivity contribution in [3.8, 4) is 11.3 Å². The average Bonchev–Trinajstić information content (AvgIpc) is 3.35. The number of hydrogen-bond acceptors (Lipinski definition) is 4. The first-order chi connectivity index (χ1) is 14.0. The van der Waals surface area contributed by atoms with E-state index in [0.717, 1.165) is 13.1 Å². The highest BCUT2D eigenvalue weighted by atomic mass is 35.5. The van der Waals surface area contributed by atoms with E-state index in [2.05, 4.69) is 15.1 Å². The maximum atomic E-state index is 13.3. The van der Waals surface area contributed by atoms with E-state index in [-0.39, 0.29) is 5.56 Å². The van der Waals surface area contributed by atoms with Crippen LogP contribution in [0.1, 0.15) is 38.5 Å². The molecule has 6 nitrogen and oxygen atoms in total. The van der Waals surface area contributed by atoms with Gasteiger partial charge in [0.25, 0.3) is 5.56 Å². The van der Waals surface area contributed by atoms with Crippen LogP contribution in [0.2, 0.25) is 10.0 Å². The van der Waals surface area contributed by atoms with Crippen molar-refractivity contribution in [2.24, 2.45) is 12.5 Å². The number of hydrogen-bond donors (Lipinski definition) is 1. The van der Waals surface area contributed by atoms with E-state index < -0.39 is 0 Å². The molecule has 152 valence electrons. The zero-order valence-electron chi connectivity index (χ0n) is 16.3. The first kappa shape index (κ1) is 18.9. The molecule has 29 heavy (non-hydrogen) atoms. The zero-order chi connectivity index (χ0) is 20.2. The number of nitrogens with one attached hydrogen (secondary N) is 1. The Balaban J connectivity index is 1.54. The summed E-state index contributed by atoms with van der Waals surface area (Å²) in [5.74, 6) is 0.686. The fraction of sp³-hybridized carbons (Fsp3) is 0.476. The van der Waals surface area contributed by atoms with Crippen molar-refractivity contribution in [2.75, 3.05) is 18.0 Å². The summed E-state index contributed by atoms with van der Waals surface area (Å²) in [6.45, 7) is 1.87. The first-order valence-electron chi connectivity index (χ1n) is 10.1. The van der Waals surface area contributed by atoms with Crippen LogP contribution in [0.25, 0.3) is 22.3 Å². The van der Waals surface area contributed by atoms with Crippen molar-refractivity contribution >= 4 is 40.2 Å². The van der Waals surface area contributed by atoms with Gasteiger partial charge in [0.15, 0.2) is 5.65 Å². The number of rotatable bonds is 2. The monoisotopic (exact) mass is 431 g/mol. The van der Waals surface area contributed by atoms with Crippen molar-refractivity contribution in [1.82, 2.24) is 19.7 Å². The summed E-state index contributed by atoms with van der Waals surface area (Å²) in [7, 11) is 1.78. The normalized spacial score (nSPS) is 18.8. The average molecular weight is 432 g/mol. The van der Waals surface area contributed by atoms with E-state index in [9.17, 15) is 4.79 Å². The standard InChI is InChI=1S/C21H23Cl2N5O/c1-27-19(29)15-17(13-5-4-6-14(22)16(13)23)25-26-18(15)24-20(27)28-11-9-21(10-12-28)7-2-3-8-21/h4-6H,2-3,7-12H2,1H3,(H,25,26). The van der Waals surface area contributed by atoms with Gasteiger partial charge in [-0.15, -0.1) is 0 Å². The van der Waals surface area contributed by atoms with Gasteiger partial charge in [0.2, 0.25) is 5.95 Å². The Labute approximate surface area is 178 Å². The summed E-state index contributed by atoms with van der Waals surface area (Å²) in [4.78, 5) is 20.2. The SMILES string of the molecule is Cn1c(N2CCC3(CCCC3)CC2)nc2n[nH]c(-c3cccc(Cl)c3Cl)c2c1=O. The van der Waals surface area contributed by atoms with Crippen molar-refractivity contribution in [1.29, 1.82) is 0 Å². The minimum Gasteiger partial charge on any atom is -0.342 e. The van der Waals surface area contributed by atoms with Gasteiger partial charge in [0.1, 0.15) is 5.39 Å². The molecule has 0 amide bonds. The number of aromatic nitrogens is 4. The van der Waals surface area contributed by atoms with Gasteiger partial charge in [0, 0.05) is 25.7 Å². The lowest BCUT2D eigenvalue weighted by atomic mass is 9.77. The van der Waals surface area contributed by atoms with Crippen molar-refractivity contribution in [2.45, 2.75) is 38.5 Å². The molecular formula is C21H23Cl2N5O. The highest BCUT2D eigenvalue weighted by Gasteiger charge is 2.37. The molecule has 2 aliphatic rings. The van der Waals surface area contributed by atoms with Crippen molar-refractivity contribution < 1.29 is 0 Å². The fourth-order valence-corrected chi connectivity index (χ4v) is 5.42. The van der Waals surface area contributed by atoms with Gasteiger partial charge in [-0.2, -0.15) is 10.1 Å². The van der Waals surface area contributed by atoms with Gasteiger partial charge < -0.3 is 4.90 Å². The van der Waals surface area contributed by atoms with Gasteiger partial charge >= 0.3 is 0 Å². The van der Waals surface area contributed by atoms with E-state index in [1.165, 1.54) is 38.5 Å². The highest BCUT2D eigenvalue weighted by Crippen LogP contribution is 2.46. The number of aromatic amines is 1. The summed E-state index contributed by atoms with van der Waals surface area (Å²) < 4.78 is 1.63. The minimum absolute atomic E-state index is 0.133. The lowest BCUT2D eigenvalue weighted by Gasteiger charge is -2.40. The number of nitrogens with zero attached hydrogens (tertiary/aromatic N) is 4. The van der Waals surface area contributed by atoms with Gasteiger partial charge in [-0.3, -0.25) is 14.5 Å². The Morgan fingerprint density at radius 1 is 1.10 bits per heavy atom. The van der Waals surface area contributed by atoms with Crippen LogP contribution < -0.4 is 10.5 Å². The molecule has 3 aromatic rings. The summed E-state index contributed by atoms with van der Waals surface area (Å²) in [6.07, 6.45) is 7.73. The van der Waals surface area contributed by atoms with Crippen LogP contribution in [-0.2, 0) is 7.05 Å². The first-order valence-corrected chi connectivity index (χ1v) is 10.9. The number of piperidine rings is 1. The molecule has 0 atom stereocenters. The van der Waals surface area contributed by atoms with E-state index >= 15 is 0 Å². The minimum atomic E-state index is -0.133. The van der Waals surface area contributed by atoms with Crippen LogP contribution in [0.4, 0.5) is 5.95 Å². The molecule has 1 saturated carbocycles. The predicted molar refractivity (Wildman–Crippen MR) is 117 cm³/mol. The molecule has 1 N–H and O–H groups in total. The Hall–Kier alpha value is -2.05. The maximum absolute atomic E-state index is 13.3. The molecule has 0 radical (unpaired) electrons. The van der Waals surface area contributed by atoms with Gasteiger partial charge in [-0.05, 0) is 37.2 Å². The van der Waals surface area contributed by atoms with Crippen LogP contribution in [0, 0.1) is 5.41 Å². The van der Waals surface area contributed by atoms with Gasteiger partial charge in [-0.25, -0.2) is 0 Å². The predicted octanol–water partition coefficient (Wildman–Crippen LogP) is 4.79. The Kier molecular flexibility index (Phi) is 4.59. The fourth-order valence-electron chi connectivity index (χ4n) is 5.02. The smallest absolute Gasteiger partial charge is 0.266 e. The zero-order valence-corrected chi connectivity index (χ0v) is 17.9. The van der Waals surface area contributed by atoms with Crippen LogP contribution >= 0.6 is 23.2 Å². The molecular weight excluding hydrogens is 409 g/mol. The molecule has 8 heteroatoms. The second-order valence-electron chi connectivity index (χ2n) is 8.37. The lowest BCUT2D eigenvalue weighted by molar-refractivity contribution is 0.225. The molecule has 1 saturated heterocycles. The maximum Gasteiger partial charge on any atom is 0.266 e. The summed E-state index contributed by atoms with van der Waals surface area (Å²) in [6, 6.07) is 5.34. The second kappa shape index (κ2) is 7.03. The molecule has 1 spiro atoms. The van der Waals surface area contributed by atoms with Crippen LogP contribution in [0.5, 0.6) is 0 Å². The number of fused-ring (bicyclic) bond motifs is 1. The van der Waals surface area contributed by atoms with Crippen LogP contribution in [0.3, 0.4) is 0 Å². The number of anilines is 1.